The fourth-order valence-corrected chi connectivity index (χ4v) is 4.51. The van der Waals surface area contributed by atoms with Gasteiger partial charge in [0.05, 0.1) is 0 Å². The average Bonchev–Trinajstić information content (AvgIpc) is 2.83. The first-order chi connectivity index (χ1) is 9.81. The van der Waals surface area contributed by atoms with E-state index in [1.54, 1.807) is 7.11 Å². The summed E-state index contributed by atoms with van der Waals surface area (Å²) in [6.45, 7) is 8.73. The Bertz CT molecular complexity index is 619. The zero-order chi connectivity index (χ0) is 15.6. The molecule has 1 aromatic rings. The van der Waals surface area contributed by atoms with Crippen molar-refractivity contribution in [1.29, 1.82) is 0 Å². The van der Waals surface area contributed by atoms with Gasteiger partial charge in [0, 0.05) is 0 Å². The van der Waals surface area contributed by atoms with Crippen LogP contribution in [0.3, 0.4) is 0 Å². The molecule has 1 aromatic carbocycles. The van der Waals surface area contributed by atoms with E-state index in [2.05, 4.69) is 56.8 Å². The quantitative estimate of drug-likeness (QED) is 0.757. The molecule has 0 heterocycles. The van der Waals surface area contributed by atoms with Crippen molar-refractivity contribution in [3.05, 3.63) is 45.4 Å². The number of benzene rings is 1. The van der Waals surface area contributed by atoms with Gasteiger partial charge in [0.2, 0.25) is 0 Å². The van der Waals surface area contributed by atoms with Gasteiger partial charge in [-0.1, -0.05) is 0 Å². The Balaban J connectivity index is 2.28. The number of rotatable bonds is 4. The van der Waals surface area contributed by atoms with Crippen LogP contribution in [-0.2, 0) is 23.2 Å². The van der Waals surface area contributed by atoms with E-state index in [0.29, 0.717) is 0 Å². The molecule has 0 amide bonds. The Morgan fingerprint density at radius 3 is 2.33 bits per heavy atom. The maximum atomic E-state index is 6.22. The van der Waals surface area contributed by atoms with Gasteiger partial charge in [-0.15, -0.1) is 0 Å². The topological polar surface area (TPSA) is 18.5 Å². The molecule has 0 aromatic heterocycles. The summed E-state index contributed by atoms with van der Waals surface area (Å²) in [6, 6.07) is 6.17. The van der Waals surface area contributed by atoms with E-state index >= 15 is 0 Å². The molecule has 0 fully saturated rings. The molecule has 0 N–H and O–H groups in total. The number of allylic oxidation sites excluding steroid dienone is 4. The molecule has 0 bridgehead atoms. The summed E-state index contributed by atoms with van der Waals surface area (Å²) < 4.78 is 13.0. The summed E-state index contributed by atoms with van der Waals surface area (Å²) in [7, 11) is 1.69. The normalized spacial score (nSPS) is 14.5. The Morgan fingerprint density at radius 1 is 1.14 bits per heavy atom. The summed E-state index contributed by atoms with van der Waals surface area (Å²) in [4.78, 5) is 4.32. The molecular formula is C18H24O2Ti. The third-order valence-corrected chi connectivity index (χ3v) is 6.46. The average molecular weight is 320 g/mol. The Hall–Kier alpha value is -1.12. The van der Waals surface area contributed by atoms with Crippen molar-refractivity contribution in [2.75, 3.05) is 7.11 Å². The number of ether oxygens (including phenoxy) is 1. The van der Waals surface area contributed by atoms with Gasteiger partial charge in [0.15, 0.2) is 0 Å². The van der Waals surface area contributed by atoms with E-state index in [0.717, 1.165) is 17.9 Å². The van der Waals surface area contributed by atoms with Crippen LogP contribution in [0, 0.1) is 0 Å². The predicted octanol–water partition coefficient (Wildman–Crippen LogP) is 4.57. The van der Waals surface area contributed by atoms with Crippen molar-refractivity contribution >= 4 is 4.82 Å². The standard InChI is InChI=1S/C11H16O2.C6H7.CH2.Ti/c1-11(2,3)8-5-9(12)7-10(6-8)13-4;1-6-4-2-3-5-6;;/h5-7,12H,1-4H3;2,4H,3H2,1H3;1H2;/q;;;+1/p-1. The van der Waals surface area contributed by atoms with Gasteiger partial charge >= 0.3 is 134 Å². The van der Waals surface area contributed by atoms with Gasteiger partial charge in [-0.2, -0.15) is 0 Å². The number of methoxy groups -OCH3 is 1. The molecule has 3 heteroatoms. The molecule has 2 rings (SSSR count). The molecule has 0 radical (unpaired) electrons. The molecule has 0 saturated heterocycles. The molecule has 0 unspecified atom stereocenters. The van der Waals surface area contributed by atoms with Crippen molar-refractivity contribution < 1.29 is 25.9 Å². The van der Waals surface area contributed by atoms with Crippen LogP contribution in [0.25, 0.3) is 0 Å². The van der Waals surface area contributed by atoms with Gasteiger partial charge in [0.1, 0.15) is 0 Å². The monoisotopic (exact) mass is 320 g/mol. The van der Waals surface area contributed by atoms with Crippen LogP contribution in [0.5, 0.6) is 11.5 Å². The molecule has 1 aliphatic carbocycles. The molecule has 2 nitrogen and oxygen atoms in total. The van der Waals surface area contributed by atoms with Gasteiger partial charge in [-0.3, -0.25) is 0 Å². The summed E-state index contributed by atoms with van der Waals surface area (Å²) in [6.07, 6.45) is 5.36. The van der Waals surface area contributed by atoms with Crippen LogP contribution in [-0.4, -0.2) is 11.9 Å². The molecule has 1 aliphatic rings. The first kappa shape index (κ1) is 16.3. The first-order valence-electron chi connectivity index (χ1n) is 7.24. The van der Waals surface area contributed by atoms with Gasteiger partial charge in [-0.05, 0) is 0 Å². The third kappa shape index (κ3) is 3.96. The molecule has 0 aliphatic heterocycles. The summed E-state index contributed by atoms with van der Waals surface area (Å²) in [5.74, 6) is 1.73. The van der Waals surface area contributed by atoms with Gasteiger partial charge < -0.3 is 0 Å². The van der Waals surface area contributed by atoms with E-state index in [9.17, 15) is 0 Å². The Labute approximate surface area is 134 Å². The molecule has 0 saturated carbocycles. The second kappa shape index (κ2) is 6.33. The van der Waals surface area contributed by atoms with E-state index in [1.807, 2.05) is 6.07 Å². The van der Waals surface area contributed by atoms with Crippen LogP contribution in [0.4, 0.5) is 0 Å². The summed E-state index contributed by atoms with van der Waals surface area (Å²) in [5.41, 5.74) is 2.62. The minimum absolute atomic E-state index is 0.0675. The minimum atomic E-state index is -1.93. The van der Waals surface area contributed by atoms with E-state index in [1.165, 1.54) is 15.0 Å². The van der Waals surface area contributed by atoms with Crippen molar-refractivity contribution in [2.24, 2.45) is 0 Å². The van der Waals surface area contributed by atoms with Crippen LogP contribution in [0.1, 0.15) is 39.7 Å². The van der Waals surface area contributed by atoms with Gasteiger partial charge in [0.25, 0.3) is 0 Å². The zero-order valence-electron chi connectivity index (χ0n) is 13.6. The predicted molar refractivity (Wildman–Crippen MR) is 85.9 cm³/mol. The van der Waals surface area contributed by atoms with Crippen LogP contribution in [0.2, 0.25) is 0 Å². The molecule has 21 heavy (non-hydrogen) atoms. The van der Waals surface area contributed by atoms with Crippen molar-refractivity contribution in [1.82, 2.24) is 0 Å². The summed E-state index contributed by atoms with van der Waals surface area (Å²) in [5, 5.41) is 0. The summed E-state index contributed by atoms with van der Waals surface area (Å²) >= 11 is -1.93. The fraction of sp³-hybridized carbons (Fsp3) is 0.389. The Morgan fingerprint density at radius 2 is 1.81 bits per heavy atom. The number of hydrogen-bond donors (Lipinski definition) is 0. The molecule has 0 atom stereocenters. The van der Waals surface area contributed by atoms with Crippen LogP contribution < -0.4 is 8.06 Å². The molecular weight excluding hydrogens is 296 g/mol. The van der Waals surface area contributed by atoms with Crippen molar-refractivity contribution in [3.63, 3.8) is 0 Å². The van der Waals surface area contributed by atoms with Crippen LogP contribution in [0.15, 0.2) is 39.8 Å². The molecule has 112 valence electrons. The van der Waals surface area contributed by atoms with Crippen LogP contribution >= 0.6 is 0 Å². The van der Waals surface area contributed by atoms with E-state index in [-0.39, 0.29) is 5.41 Å². The first-order valence-corrected chi connectivity index (χ1v) is 9.76. The zero-order valence-corrected chi connectivity index (χ0v) is 15.2. The van der Waals surface area contributed by atoms with Crippen molar-refractivity contribution in [2.45, 2.75) is 39.5 Å². The van der Waals surface area contributed by atoms with Gasteiger partial charge in [-0.25, -0.2) is 0 Å². The molecule has 0 spiro atoms. The van der Waals surface area contributed by atoms with E-state index in [4.69, 9.17) is 8.06 Å². The second-order valence-corrected chi connectivity index (χ2v) is 9.02. The fourth-order valence-electron chi connectivity index (χ4n) is 2.33. The second-order valence-electron chi connectivity index (χ2n) is 6.44. The third-order valence-electron chi connectivity index (χ3n) is 3.73. The Kier molecular flexibility index (Phi) is 4.90. The number of hydrogen-bond acceptors (Lipinski definition) is 2. The van der Waals surface area contributed by atoms with E-state index < -0.39 is 17.8 Å². The maximum absolute atomic E-state index is 6.22. The SMILES string of the molecule is [CH2]=[Ti]([O]c1cc(OC)cc(C(C)(C)C)c1)[C]1=C(C)C=CC1. The van der Waals surface area contributed by atoms with Crippen molar-refractivity contribution in [3.8, 4) is 11.5 Å².